The lowest BCUT2D eigenvalue weighted by Crippen LogP contribution is -2.27. The van der Waals surface area contributed by atoms with Gasteiger partial charge in [-0.15, -0.1) is 0 Å². The number of rotatable bonds is 4. The Morgan fingerprint density at radius 2 is 1.67 bits per heavy atom. The molecule has 0 aromatic heterocycles. The second kappa shape index (κ2) is 6.81. The molecule has 130 valence electrons. The van der Waals surface area contributed by atoms with E-state index < -0.39 is 32.5 Å². The molecule has 0 fully saturated rings. The van der Waals surface area contributed by atoms with Crippen molar-refractivity contribution >= 4 is 26.0 Å². The van der Waals surface area contributed by atoms with Crippen molar-refractivity contribution in [2.75, 3.05) is 7.05 Å². The lowest BCUT2D eigenvalue weighted by molar-refractivity contribution is -0.140. The zero-order valence-electron chi connectivity index (χ0n) is 12.3. The number of hydrogen-bond acceptors (Lipinski definition) is 2. The van der Waals surface area contributed by atoms with Crippen LogP contribution in [0.15, 0.2) is 51.8 Å². The fraction of sp³-hybridized carbons (Fsp3) is 0.200. The molecule has 0 unspecified atom stereocenters. The zero-order chi connectivity index (χ0) is 18.1. The van der Waals surface area contributed by atoms with E-state index in [1.54, 1.807) is 24.3 Å². The van der Waals surface area contributed by atoms with Crippen LogP contribution < -0.4 is 0 Å². The average Bonchev–Trinajstić information content (AvgIpc) is 2.48. The Kier molecular flexibility index (Phi) is 5.36. The van der Waals surface area contributed by atoms with Gasteiger partial charge >= 0.3 is 6.18 Å². The van der Waals surface area contributed by atoms with Crippen LogP contribution in [0.25, 0.3) is 0 Å². The summed E-state index contributed by atoms with van der Waals surface area (Å²) in [7, 11) is -2.95. The van der Waals surface area contributed by atoms with Crippen LogP contribution in [-0.4, -0.2) is 19.8 Å². The number of halogens is 5. The number of benzene rings is 2. The summed E-state index contributed by atoms with van der Waals surface area (Å²) in [6.45, 7) is -0.0334. The summed E-state index contributed by atoms with van der Waals surface area (Å²) in [4.78, 5) is -0.615. The molecule has 24 heavy (non-hydrogen) atoms. The van der Waals surface area contributed by atoms with Crippen molar-refractivity contribution in [3.63, 3.8) is 0 Å². The Morgan fingerprint density at radius 3 is 2.21 bits per heavy atom. The molecule has 0 radical (unpaired) electrons. The van der Waals surface area contributed by atoms with Crippen LogP contribution in [0.5, 0.6) is 0 Å². The van der Waals surface area contributed by atoms with Crippen molar-refractivity contribution in [2.45, 2.75) is 17.6 Å². The highest BCUT2D eigenvalue weighted by atomic mass is 79.9. The maximum absolute atomic E-state index is 13.3. The van der Waals surface area contributed by atoms with Crippen LogP contribution in [-0.2, 0) is 22.7 Å². The topological polar surface area (TPSA) is 37.4 Å². The minimum atomic E-state index is -4.97. The van der Waals surface area contributed by atoms with E-state index in [0.717, 1.165) is 14.8 Å². The predicted molar refractivity (Wildman–Crippen MR) is 84.2 cm³/mol. The maximum atomic E-state index is 13.3. The molecule has 2 aromatic carbocycles. The monoisotopic (exact) mass is 425 g/mol. The lowest BCUT2D eigenvalue weighted by atomic mass is 10.2. The molecule has 2 aromatic rings. The van der Waals surface area contributed by atoms with Gasteiger partial charge in [-0.2, -0.15) is 17.5 Å². The van der Waals surface area contributed by atoms with E-state index in [1.165, 1.54) is 7.05 Å². The Bertz CT molecular complexity index is 836. The van der Waals surface area contributed by atoms with Crippen LogP contribution in [0, 0.1) is 5.82 Å². The van der Waals surface area contributed by atoms with E-state index in [-0.39, 0.29) is 6.54 Å². The summed E-state index contributed by atoms with van der Waals surface area (Å²) >= 11 is 3.25. The molecule has 0 bridgehead atoms. The van der Waals surface area contributed by atoms with Gasteiger partial charge in [-0.05, 0) is 35.9 Å². The van der Waals surface area contributed by atoms with Crippen LogP contribution in [0.3, 0.4) is 0 Å². The van der Waals surface area contributed by atoms with Gasteiger partial charge in [0.05, 0.1) is 10.5 Å². The van der Waals surface area contributed by atoms with Crippen molar-refractivity contribution in [3.05, 3.63) is 63.9 Å². The van der Waals surface area contributed by atoms with Crippen LogP contribution in [0.1, 0.15) is 11.1 Å². The molecule has 0 aliphatic carbocycles. The van der Waals surface area contributed by atoms with E-state index in [0.29, 0.717) is 17.7 Å². The largest absolute Gasteiger partial charge is 0.419 e. The third-order valence-electron chi connectivity index (χ3n) is 3.27. The molecular weight excluding hydrogens is 414 g/mol. The normalized spacial score (nSPS) is 12.6. The molecule has 9 heteroatoms. The average molecular weight is 426 g/mol. The minimum absolute atomic E-state index is 0.0334. The molecule has 0 saturated heterocycles. The summed E-state index contributed by atoms with van der Waals surface area (Å²) in [6.07, 6.45) is -4.97. The number of alkyl halides is 3. The van der Waals surface area contributed by atoms with E-state index in [9.17, 15) is 26.0 Å². The smallest absolute Gasteiger partial charge is 0.207 e. The van der Waals surface area contributed by atoms with Crippen molar-refractivity contribution in [1.82, 2.24) is 4.31 Å². The number of nitrogens with zero attached hydrogens (tertiary/aromatic N) is 1. The maximum Gasteiger partial charge on any atom is 0.419 e. The van der Waals surface area contributed by atoms with Crippen LogP contribution in [0.2, 0.25) is 0 Å². The van der Waals surface area contributed by atoms with Gasteiger partial charge in [-0.3, -0.25) is 0 Å². The summed E-state index contributed by atoms with van der Waals surface area (Å²) in [5, 5.41) is 0. The summed E-state index contributed by atoms with van der Waals surface area (Å²) in [5.41, 5.74) is -0.956. The summed E-state index contributed by atoms with van der Waals surface area (Å²) in [6, 6.07) is 8.43. The highest BCUT2D eigenvalue weighted by Crippen LogP contribution is 2.33. The van der Waals surface area contributed by atoms with Gasteiger partial charge in [0.1, 0.15) is 5.82 Å². The van der Waals surface area contributed by atoms with Gasteiger partial charge in [0.25, 0.3) is 0 Å². The van der Waals surface area contributed by atoms with Gasteiger partial charge < -0.3 is 0 Å². The van der Waals surface area contributed by atoms with Gasteiger partial charge in [0.15, 0.2) is 0 Å². The first-order valence-electron chi connectivity index (χ1n) is 6.59. The van der Waals surface area contributed by atoms with Crippen molar-refractivity contribution in [2.24, 2.45) is 0 Å². The first-order chi connectivity index (χ1) is 11.0. The Hall–Kier alpha value is -1.45. The van der Waals surface area contributed by atoms with E-state index in [4.69, 9.17) is 0 Å². The standard InChI is InChI=1S/C15H12BrF4NO2S/c1-21(9-10-2-4-11(16)5-3-10)24(22,23)12-6-7-14(17)13(8-12)15(18,19)20/h2-8H,9H2,1H3. The van der Waals surface area contributed by atoms with E-state index >= 15 is 0 Å². The first kappa shape index (κ1) is 18.9. The third-order valence-corrected chi connectivity index (χ3v) is 5.60. The molecular formula is C15H12BrF4NO2S. The number of hydrogen-bond donors (Lipinski definition) is 0. The summed E-state index contributed by atoms with van der Waals surface area (Å²) in [5.74, 6) is -1.52. The molecule has 0 saturated carbocycles. The fourth-order valence-electron chi connectivity index (χ4n) is 1.99. The SMILES string of the molecule is CN(Cc1ccc(Br)cc1)S(=O)(=O)c1ccc(F)c(C(F)(F)F)c1. The van der Waals surface area contributed by atoms with Crippen molar-refractivity contribution < 1.29 is 26.0 Å². The molecule has 3 nitrogen and oxygen atoms in total. The Morgan fingerprint density at radius 1 is 1.08 bits per heavy atom. The van der Waals surface area contributed by atoms with E-state index in [1.807, 2.05) is 0 Å². The lowest BCUT2D eigenvalue weighted by Gasteiger charge is -2.18. The minimum Gasteiger partial charge on any atom is -0.207 e. The molecule has 0 aliphatic heterocycles. The summed E-state index contributed by atoms with van der Waals surface area (Å²) < 4.78 is 78.1. The fourth-order valence-corrected chi connectivity index (χ4v) is 3.44. The van der Waals surface area contributed by atoms with E-state index in [2.05, 4.69) is 15.9 Å². The second-order valence-electron chi connectivity index (χ2n) is 5.03. The van der Waals surface area contributed by atoms with Gasteiger partial charge in [-0.1, -0.05) is 28.1 Å². The quantitative estimate of drug-likeness (QED) is 0.679. The van der Waals surface area contributed by atoms with Gasteiger partial charge in [0, 0.05) is 18.1 Å². The highest BCUT2D eigenvalue weighted by molar-refractivity contribution is 9.10. The predicted octanol–water partition coefficient (Wildman–Crippen LogP) is 4.43. The van der Waals surface area contributed by atoms with Gasteiger partial charge in [-0.25, -0.2) is 12.8 Å². The Labute approximate surface area is 145 Å². The Balaban J connectivity index is 2.34. The molecule has 0 atom stereocenters. The zero-order valence-corrected chi connectivity index (χ0v) is 14.7. The van der Waals surface area contributed by atoms with Crippen molar-refractivity contribution in [1.29, 1.82) is 0 Å². The highest BCUT2D eigenvalue weighted by Gasteiger charge is 2.35. The van der Waals surface area contributed by atoms with Gasteiger partial charge in [0.2, 0.25) is 10.0 Å². The molecule has 0 amide bonds. The number of sulfonamides is 1. The van der Waals surface area contributed by atoms with Crippen LogP contribution in [0.4, 0.5) is 17.6 Å². The molecule has 2 rings (SSSR count). The third kappa shape index (κ3) is 4.14. The molecule has 0 spiro atoms. The molecule has 0 heterocycles. The van der Waals surface area contributed by atoms with Crippen LogP contribution >= 0.6 is 15.9 Å². The van der Waals surface area contributed by atoms with Crippen molar-refractivity contribution in [3.8, 4) is 0 Å². The molecule has 0 aliphatic rings. The molecule has 0 N–H and O–H groups in total. The first-order valence-corrected chi connectivity index (χ1v) is 8.82. The second-order valence-corrected chi connectivity index (χ2v) is 7.99.